The lowest BCUT2D eigenvalue weighted by Crippen LogP contribution is -2.15. The standard InChI is InChI=1S/C18H12FN5O2S/c19-13-8-6-11(7-9-13)14(25)10-27-18-22-21-17-20-16(26)15(23-24(17)18)12-4-2-1-3-5-12/h1-9H,10H2,(H,20,21,26). The Bertz CT molecular complexity index is 1170. The van der Waals surface area contributed by atoms with Crippen LogP contribution in [0.5, 0.6) is 0 Å². The average Bonchev–Trinajstić information content (AvgIpc) is 3.08. The second kappa shape index (κ2) is 7.12. The second-order valence-electron chi connectivity index (χ2n) is 5.61. The van der Waals surface area contributed by atoms with Gasteiger partial charge in [0.1, 0.15) is 5.82 Å². The molecule has 0 amide bonds. The van der Waals surface area contributed by atoms with Crippen LogP contribution in [0.15, 0.2) is 64.5 Å². The summed E-state index contributed by atoms with van der Waals surface area (Å²) < 4.78 is 14.4. The van der Waals surface area contributed by atoms with E-state index < -0.39 is 5.82 Å². The third-order valence-corrected chi connectivity index (χ3v) is 4.72. The number of ketones is 1. The van der Waals surface area contributed by atoms with Gasteiger partial charge in [0.2, 0.25) is 5.16 Å². The summed E-state index contributed by atoms with van der Waals surface area (Å²) in [6, 6.07) is 14.4. The first-order valence-electron chi connectivity index (χ1n) is 7.94. The van der Waals surface area contributed by atoms with Crippen molar-refractivity contribution in [2.24, 2.45) is 0 Å². The molecule has 0 aliphatic heterocycles. The zero-order valence-corrected chi connectivity index (χ0v) is 14.6. The zero-order chi connectivity index (χ0) is 18.8. The molecule has 2 aromatic heterocycles. The number of rotatable bonds is 5. The van der Waals surface area contributed by atoms with Gasteiger partial charge in [-0.2, -0.15) is 9.61 Å². The predicted octanol–water partition coefficient (Wildman–Crippen LogP) is 2.59. The summed E-state index contributed by atoms with van der Waals surface area (Å²) in [5, 5.41) is 12.6. The summed E-state index contributed by atoms with van der Waals surface area (Å²) in [5.41, 5.74) is 0.923. The highest BCUT2D eigenvalue weighted by Crippen LogP contribution is 2.18. The van der Waals surface area contributed by atoms with Gasteiger partial charge in [0.05, 0.1) is 5.75 Å². The first kappa shape index (κ1) is 17.1. The van der Waals surface area contributed by atoms with Crippen LogP contribution in [0.2, 0.25) is 0 Å². The minimum Gasteiger partial charge on any atom is -0.293 e. The average molecular weight is 381 g/mol. The smallest absolute Gasteiger partial charge is 0.279 e. The predicted molar refractivity (Wildman–Crippen MR) is 98.3 cm³/mol. The van der Waals surface area contributed by atoms with Crippen molar-refractivity contribution in [3.63, 3.8) is 0 Å². The molecule has 2 heterocycles. The van der Waals surface area contributed by atoms with E-state index in [2.05, 4.69) is 20.3 Å². The van der Waals surface area contributed by atoms with Crippen molar-refractivity contribution in [3.05, 3.63) is 76.3 Å². The molecule has 0 bridgehead atoms. The van der Waals surface area contributed by atoms with Crippen LogP contribution in [0.1, 0.15) is 10.4 Å². The largest absolute Gasteiger partial charge is 0.293 e. The summed E-state index contributed by atoms with van der Waals surface area (Å²) in [7, 11) is 0. The number of hydrogen-bond donors (Lipinski definition) is 1. The van der Waals surface area contributed by atoms with E-state index in [1.165, 1.54) is 28.8 Å². The van der Waals surface area contributed by atoms with Gasteiger partial charge < -0.3 is 0 Å². The van der Waals surface area contributed by atoms with Crippen molar-refractivity contribution in [3.8, 4) is 11.3 Å². The molecule has 1 N–H and O–H groups in total. The number of halogens is 1. The molecule has 0 aliphatic carbocycles. The van der Waals surface area contributed by atoms with E-state index in [-0.39, 0.29) is 28.6 Å². The number of aromatic nitrogens is 5. The Morgan fingerprint density at radius 2 is 1.81 bits per heavy atom. The normalized spacial score (nSPS) is 11.0. The number of thioether (sulfide) groups is 1. The Kier molecular flexibility index (Phi) is 4.51. The first-order valence-corrected chi connectivity index (χ1v) is 8.93. The number of carbonyl (C=O) groups excluding carboxylic acids is 1. The molecule has 0 saturated carbocycles. The van der Waals surface area contributed by atoms with Crippen LogP contribution in [0.3, 0.4) is 0 Å². The molecule has 0 spiro atoms. The second-order valence-corrected chi connectivity index (χ2v) is 6.55. The van der Waals surface area contributed by atoms with Crippen LogP contribution in [-0.4, -0.2) is 36.3 Å². The summed E-state index contributed by atoms with van der Waals surface area (Å²) in [5.74, 6) is -0.307. The van der Waals surface area contributed by atoms with Gasteiger partial charge in [0.15, 0.2) is 11.5 Å². The zero-order valence-electron chi connectivity index (χ0n) is 13.8. The van der Waals surface area contributed by atoms with E-state index in [0.29, 0.717) is 16.3 Å². The molecule has 4 aromatic rings. The highest BCUT2D eigenvalue weighted by Gasteiger charge is 2.15. The number of nitrogens with zero attached hydrogens (tertiary/aromatic N) is 4. The molecule has 134 valence electrons. The van der Waals surface area contributed by atoms with E-state index in [0.717, 1.165) is 11.8 Å². The van der Waals surface area contributed by atoms with Crippen molar-refractivity contribution < 1.29 is 9.18 Å². The fourth-order valence-electron chi connectivity index (χ4n) is 2.46. The Morgan fingerprint density at radius 1 is 1.07 bits per heavy atom. The van der Waals surface area contributed by atoms with E-state index in [4.69, 9.17) is 0 Å². The van der Waals surface area contributed by atoms with Crippen molar-refractivity contribution in [1.29, 1.82) is 0 Å². The van der Waals surface area contributed by atoms with E-state index >= 15 is 0 Å². The number of hydrogen-bond acceptors (Lipinski definition) is 6. The van der Waals surface area contributed by atoms with Crippen LogP contribution in [0, 0.1) is 5.82 Å². The van der Waals surface area contributed by atoms with E-state index in [1.807, 2.05) is 18.2 Å². The van der Waals surface area contributed by atoms with E-state index in [9.17, 15) is 14.0 Å². The third kappa shape index (κ3) is 3.49. The highest BCUT2D eigenvalue weighted by molar-refractivity contribution is 7.99. The minimum atomic E-state index is -0.399. The van der Waals surface area contributed by atoms with Gasteiger partial charge in [-0.1, -0.05) is 42.1 Å². The Morgan fingerprint density at radius 3 is 2.56 bits per heavy atom. The number of aromatic amines is 1. The van der Waals surface area contributed by atoms with Gasteiger partial charge >= 0.3 is 0 Å². The van der Waals surface area contributed by atoms with Crippen LogP contribution in [0.25, 0.3) is 17.0 Å². The summed E-state index contributed by atoms with van der Waals surface area (Å²) in [6.07, 6.45) is 0. The SMILES string of the molecule is O=C(CSc1nnc2[nH]c(=O)c(-c3ccccc3)nn12)c1ccc(F)cc1. The highest BCUT2D eigenvalue weighted by atomic mass is 32.2. The number of fused-ring (bicyclic) bond motifs is 1. The monoisotopic (exact) mass is 381 g/mol. The van der Waals surface area contributed by atoms with Gasteiger partial charge in [-0.25, -0.2) is 4.39 Å². The molecular weight excluding hydrogens is 369 g/mol. The van der Waals surface area contributed by atoms with Crippen LogP contribution in [-0.2, 0) is 0 Å². The summed E-state index contributed by atoms with van der Waals surface area (Å²) in [4.78, 5) is 27.1. The van der Waals surface area contributed by atoms with Gasteiger partial charge in [-0.05, 0) is 24.3 Å². The molecule has 0 atom stereocenters. The number of Topliss-reactive ketones (excluding diaryl/α,β-unsaturated/α-hetero) is 1. The van der Waals surface area contributed by atoms with Crippen LogP contribution >= 0.6 is 11.8 Å². The maximum Gasteiger partial charge on any atom is 0.279 e. The van der Waals surface area contributed by atoms with Crippen molar-refractivity contribution in [2.45, 2.75) is 5.16 Å². The molecule has 27 heavy (non-hydrogen) atoms. The van der Waals surface area contributed by atoms with Crippen LogP contribution in [0.4, 0.5) is 4.39 Å². The molecule has 0 unspecified atom stereocenters. The molecule has 0 saturated heterocycles. The van der Waals surface area contributed by atoms with Crippen molar-refractivity contribution in [1.82, 2.24) is 24.8 Å². The Labute approximate surface area is 156 Å². The molecular formula is C18H12FN5O2S. The van der Waals surface area contributed by atoms with Gasteiger partial charge in [0.25, 0.3) is 11.3 Å². The molecule has 7 nitrogen and oxygen atoms in total. The minimum absolute atomic E-state index is 0.0773. The maximum atomic E-state index is 13.0. The number of nitrogens with one attached hydrogen (secondary N) is 1. The quantitative estimate of drug-likeness (QED) is 0.422. The molecule has 0 radical (unpaired) electrons. The lowest BCUT2D eigenvalue weighted by Gasteiger charge is -2.03. The van der Waals surface area contributed by atoms with Gasteiger partial charge in [-0.3, -0.25) is 14.6 Å². The van der Waals surface area contributed by atoms with Crippen LogP contribution < -0.4 is 5.56 Å². The fourth-order valence-corrected chi connectivity index (χ4v) is 3.24. The maximum absolute atomic E-state index is 13.0. The molecule has 0 aliphatic rings. The number of benzene rings is 2. The molecule has 0 fully saturated rings. The Hall–Kier alpha value is -3.33. The van der Waals surface area contributed by atoms with Gasteiger partial charge in [-0.15, -0.1) is 10.2 Å². The van der Waals surface area contributed by atoms with E-state index in [1.54, 1.807) is 12.1 Å². The first-order chi connectivity index (χ1) is 13.1. The third-order valence-electron chi connectivity index (χ3n) is 3.80. The molecule has 9 heteroatoms. The Balaban J connectivity index is 1.62. The van der Waals surface area contributed by atoms with Crippen molar-refractivity contribution in [2.75, 3.05) is 5.75 Å². The molecule has 4 rings (SSSR count). The topological polar surface area (TPSA) is 93.0 Å². The summed E-state index contributed by atoms with van der Waals surface area (Å²) >= 11 is 1.13. The lowest BCUT2D eigenvalue weighted by atomic mass is 10.1. The summed E-state index contributed by atoms with van der Waals surface area (Å²) in [6.45, 7) is 0. The van der Waals surface area contributed by atoms with Crippen molar-refractivity contribution >= 4 is 23.3 Å². The molecule has 2 aromatic carbocycles. The fraction of sp³-hybridized carbons (Fsp3) is 0.0556. The lowest BCUT2D eigenvalue weighted by molar-refractivity contribution is 0.102. The van der Waals surface area contributed by atoms with Gasteiger partial charge in [0, 0.05) is 11.1 Å². The number of carbonyl (C=O) groups is 1. The number of H-pyrrole nitrogens is 1.